The molecule has 1 atom stereocenters. The Morgan fingerprint density at radius 3 is 1.82 bits per heavy atom. The lowest BCUT2D eigenvalue weighted by atomic mass is 9.81. The van der Waals surface area contributed by atoms with E-state index in [1.807, 2.05) is 0 Å². The van der Waals surface area contributed by atoms with E-state index in [1.165, 1.54) is 38.5 Å². The molecule has 0 saturated carbocycles. The molecule has 0 saturated heterocycles. The van der Waals surface area contributed by atoms with Crippen LogP contribution in [0.25, 0.3) is 0 Å². The van der Waals surface area contributed by atoms with Gasteiger partial charge in [-0.2, -0.15) is 12.6 Å². The molecule has 0 aliphatic heterocycles. The first-order valence-corrected chi connectivity index (χ1v) is 7.97. The van der Waals surface area contributed by atoms with Crippen molar-refractivity contribution in [3.8, 4) is 0 Å². The van der Waals surface area contributed by atoms with E-state index in [1.54, 1.807) is 0 Å². The second kappa shape index (κ2) is 8.45. The number of hydrogen-bond acceptors (Lipinski definition) is 1. The van der Waals surface area contributed by atoms with E-state index in [-0.39, 0.29) is 4.75 Å². The van der Waals surface area contributed by atoms with Gasteiger partial charge in [-0.25, -0.2) is 0 Å². The Kier molecular flexibility index (Phi) is 8.63. The number of unbranched alkanes of at least 4 members (excludes halogenated alkanes) is 1. The van der Waals surface area contributed by atoms with Gasteiger partial charge in [0.05, 0.1) is 0 Å². The van der Waals surface area contributed by atoms with Crippen molar-refractivity contribution in [2.45, 2.75) is 84.8 Å². The Morgan fingerprint density at radius 2 is 1.41 bits per heavy atom. The van der Waals surface area contributed by atoms with Gasteiger partial charge in [0.15, 0.2) is 0 Å². The van der Waals surface area contributed by atoms with Crippen molar-refractivity contribution in [1.29, 1.82) is 0 Å². The molecule has 0 aromatic heterocycles. The fourth-order valence-electron chi connectivity index (χ4n) is 2.84. The van der Waals surface area contributed by atoms with E-state index in [2.05, 4.69) is 41.5 Å². The van der Waals surface area contributed by atoms with Crippen LogP contribution in [0.4, 0.5) is 0 Å². The molecule has 0 aliphatic carbocycles. The van der Waals surface area contributed by atoms with E-state index in [0.717, 1.165) is 17.8 Å². The zero-order valence-electron chi connectivity index (χ0n) is 12.9. The molecule has 0 amide bonds. The van der Waals surface area contributed by atoms with Gasteiger partial charge < -0.3 is 0 Å². The molecule has 0 fully saturated rings. The van der Waals surface area contributed by atoms with Crippen molar-refractivity contribution in [3.05, 3.63) is 0 Å². The lowest BCUT2D eigenvalue weighted by molar-refractivity contribution is 0.258. The third-order valence-corrected chi connectivity index (χ3v) is 4.48. The third kappa shape index (κ3) is 8.13. The molecule has 1 unspecified atom stereocenters. The summed E-state index contributed by atoms with van der Waals surface area (Å²) in [5.74, 6) is 2.51. The van der Waals surface area contributed by atoms with E-state index in [0.29, 0.717) is 0 Å². The van der Waals surface area contributed by atoms with Crippen LogP contribution in [-0.4, -0.2) is 4.75 Å². The molecule has 0 aromatic carbocycles. The predicted octanol–water partition coefficient (Wildman–Crippen LogP) is 5.96. The molecule has 1 heteroatoms. The molecule has 0 heterocycles. The zero-order valence-corrected chi connectivity index (χ0v) is 13.8. The second-order valence-electron chi connectivity index (χ2n) is 6.64. The summed E-state index contributed by atoms with van der Waals surface area (Å²) in [5.41, 5.74) is 0. The lowest BCUT2D eigenvalue weighted by Crippen LogP contribution is -2.19. The van der Waals surface area contributed by atoms with E-state index in [9.17, 15) is 0 Å². The van der Waals surface area contributed by atoms with Crippen LogP contribution in [0, 0.1) is 17.8 Å². The maximum Gasteiger partial charge on any atom is 0.0101 e. The Bertz CT molecular complexity index is 174. The van der Waals surface area contributed by atoms with Gasteiger partial charge in [-0.3, -0.25) is 0 Å². The molecular formula is C16H34S. The summed E-state index contributed by atoms with van der Waals surface area (Å²) < 4.78 is 0.258. The first-order chi connectivity index (χ1) is 7.80. The molecule has 0 bridgehead atoms. The molecule has 104 valence electrons. The average Bonchev–Trinajstić information content (AvgIpc) is 2.20. The number of hydrogen-bond donors (Lipinski definition) is 1. The molecular weight excluding hydrogens is 224 g/mol. The maximum atomic E-state index is 4.83. The standard InChI is InChI=1S/C16H34S/c1-7-8-11-16(6,17)12-9-10-15(13(2)3)14(4)5/h13-15,17H,7-12H2,1-6H3. The largest absolute Gasteiger partial charge is 0.173 e. The molecule has 0 nitrogen and oxygen atoms in total. The summed E-state index contributed by atoms with van der Waals surface area (Å²) in [6.45, 7) is 14.0. The van der Waals surface area contributed by atoms with Gasteiger partial charge in [0.25, 0.3) is 0 Å². The van der Waals surface area contributed by atoms with E-state index >= 15 is 0 Å². The fraction of sp³-hybridized carbons (Fsp3) is 1.00. The van der Waals surface area contributed by atoms with Gasteiger partial charge in [0.2, 0.25) is 0 Å². The Hall–Kier alpha value is 0.350. The van der Waals surface area contributed by atoms with Crippen molar-refractivity contribution in [2.75, 3.05) is 0 Å². The van der Waals surface area contributed by atoms with Crippen LogP contribution < -0.4 is 0 Å². The highest BCUT2D eigenvalue weighted by Crippen LogP contribution is 2.31. The Labute approximate surface area is 115 Å². The summed E-state index contributed by atoms with van der Waals surface area (Å²) in [7, 11) is 0. The van der Waals surface area contributed by atoms with Gasteiger partial charge in [-0.1, -0.05) is 60.8 Å². The monoisotopic (exact) mass is 258 g/mol. The van der Waals surface area contributed by atoms with Gasteiger partial charge in [0, 0.05) is 4.75 Å². The van der Waals surface area contributed by atoms with Crippen LogP contribution >= 0.6 is 12.6 Å². The van der Waals surface area contributed by atoms with Crippen molar-refractivity contribution in [2.24, 2.45) is 17.8 Å². The minimum Gasteiger partial charge on any atom is -0.173 e. The van der Waals surface area contributed by atoms with Crippen molar-refractivity contribution >= 4 is 12.6 Å². The summed E-state index contributed by atoms with van der Waals surface area (Å²) in [5, 5.41) is 0. The quantitative estimate of drug-likeness (QED) is 0.484. The van der Waals surface area contributed by atoms with Crippen LogP contribution in [0.1, 0.15) is 80.1 Å². The smallest absolute Gasteiger partial charge is 0.0101 e. The second-order valence-corrected chi connectivity index (χ2v) is 7.72. The highest BCUT2D eigenvalue weighted by atomic mass is 32.1. The van der Waals surface area contributed by atoms with Crippen LogP contribution in [0.3, 0.4) is 0 Å². The molecule has 0 spiro atoms. The molecule has 0 aromatic rings. The van der Waals surface area contributed by atoms with Crippen LogP contribution in [0.5, 0.6) is 0 Å². The number of rotatable bonds is 9. The molecule has 17 heavy (non-hydrogen) atoms. The van der Waals surface area contributed by atoms with Crippen molar-refractivity contribution in [1.82, 2.24) is 0 Å². The molecule has 0 rings (SSSR count). The Balaban J connectivity index is 3.94. The Morgan fingerprint density at radius 1 is 0.941 bits per heavy atom. The zero-order chi connectivity index (χ0) is 13.5. The molecule has 0 radical (unpaired) electrons. The third-order valence-electron chi connectivity index (χ3n) is 4.03. The first kappa shape index (κ1) is 17.4. The fourth-order valence-corrected chi connectivity index (χ4v) is 3.15. The summed E-state index contributed by atoms with van der Waals surface area (Å²) >= 11 is 4.83. The first-order valence-electron chi connectivity index (χ1n) is 7.52. The molecule has 0 N–H and O–H groups in total. The highest BCUT2D eigenvalue weighted by Gasteiger charge is 2.21. The summed E-state index contributed by atoms with van der Waals surface area (Å²) in [6, 6.07) is 0. The topological polar surface area (TPSA) is 0 Å². The summed E-state index contributed by atoms with van der Waals surface area (Å²) in [6.07, 6.45) is 7.85. The van der Waals surface area contributed by atoms with E-state index < -0.39 is 0 Å². The van der Waals surface area contributed by atoms with Gasteiger partial charge in [0.1, 0.15) is 0 Å². The normalized spacial score (nSPS) is 15.9. The van der Waals surface area contributed by atoms with Crippen molar-refractivity contribution in [3.63, 3.8) is 0 Å². The lowest BCUT2D eigenvalue weighted by Gasteiger charge is -2.28. The molecule has 0 aliphatic rings. The van der Waals surface area contributed by atoms with Crippen LogP contribution in [0.15, 0.2) is 0 Å². The maximum absolute atomic E-state index is 4.83. The highest BCUT2D eigenvalue weighted by molar-refractivity contribution is 7.81. The predicted molar refractivity (Wildman–Crippen MR) is 83.9 cm³/mol. The van der Waals surface area contributed by atoms with Gasteiger partial charge >= 0.3 is 0 Å². The van der Waals surface area contributed by atoms with Crippen molar-refractivity contribution < 1.29 is 0 Å². The number of thiol groups is 1. The van der Waals surface area contributed by atoms with Crippen LogP contribution in [0.2, 0.25) is 0 Å². The van der Waals surface area contributed by atoms with E-state index in [4.69, 9.17) is 12.6 Å². The SMILES string of the molecule is CCCCC(C)(S)CCCC(C(C)C)C(C)C. The minimum absolute atomic E-state index is 0.258. The van der Waals surface area contributed by atoms with Crippen LogP contribution in [-0.2, 0) is 0 Å². The van der Waals surface area contributed by atoms with Gasteiger partial charge in [-0.05, 0) is 37.0 Å². The minimum atomic E-state index is 0.258. The van der Waals surface area contributed by atoms with Gasteiger partial charge in [-0.15, -0.1) is 0 Å². The average molecular weight is 259 g/mol. The summed E-state index contributed by atoms with van der Waals surface area (Å²) in [4.78, 5) is 0.